The van der Waals surface area contributed by atoms with Gasteiger partial charge in [0, 0.05) is 5.39 Å². The van der Waals surface area contributed by atoms with Crippen LogP contribution in [0.3, 0.4) is 0 Å². The normalized spacial score (nSPS) is 10.7. The van der Waals surface area contributed by atoms with Gasteiger partial charge in [-0.2, -0.15) is 0 Å². The Morgan fingerprint density at radius 2 is 1.92 bits per heavy atom. The number of furan rings is 1. The number of carbonyl (C=O) groups excluding carboxylic acids is 2. The first-order valence-electron chi connectivity index (χ1n) is 7.36. The highest BCUT2D eigenvalue weighted by molar-refractivity contribution is 6.40. The van der Waals surface area contributed by atoms with E-state index in [1.54, 1.807) is 37.3 Å². The average molecular weight is 378 g/mol. The lowest BCUT2D eigenvalue weighted by molar-refractivity contribution is -0.119. The number of nitrogens with one attached hydrogen (secondary N) is 1. The number of benzene rings is 2. The molecule has 1 aromatic heterocycles. The minimum absolute atomic E-state index is 0.0284. The molecule has 0 unspecified atom stereocenters. The highest BCUT2D eigenvalue weighted by Crippen LogP contribution is 2.32. The van der Waals surface area contributed by atoms with Gasteiger partial charge in [-0.3, -0.25) is 4.79 Å². The van der Waals surface area contributed by atoms with Crippen LogP contribution in [0.4, 0.5) is 5.69 Å². The van der Waals surface area contributed by atoms with Gasteiger partial charge >= 0.3 is 5.97 Å². The molecule has 0 saturated heterocycles. The Kier molecular flexibility index (Phi) is 4.97. The van der Waals surface area contributed by atoms with Crippen molar-refractivity contribution in [1.82, 2.24) is 0 Å². The summed E-state index contributed by atoms with van der Waals surface area (Å²) in [5.74, 6) is -1.26. The summed E-state index contributed by atoms with van der Waals surface area (Å²) >= 11 is 12.2. The van der Waals surface area contributed by atoms with E-state index in [0.717, 1.165) is 10.9 Å². The van der Waals surface area contributed by atoms with E-state index in [-0.39, 0.29) is 11.4 Å². The fourth-order valence-corrected chi connectivity index (χ4v) is 2.70. The van der Waals surface area contributed by atoms with Crippen LogP contribution in [0.5, 0.6) is 0 Å². The van der Waals surface area contributed by atoms with Crippen LogP contribution >= 0.6 is 23.2 Å². The van der Waals surface area contributed by atoms with Crippen molar-refractivity contribution in [1.29, 1.82) is 0 Å². The highest BCUT2D eigenvalue weighted by Gasteiger charge is 2.17. The molecule has 0 spiro atoms. The molecule has 2 aromatic carbocycles. The molecule has 0 bridgehead atoms. The molecule has 25 heavy (non-hydrogen) atoms. The fraction of sp³-hybridized carbons (Fsp3) is 0.111. The van der Waals surface area contributed by atoms with Crippen LogP contribution < -0.4 is 5.32 Å². The minimum Gasteiger partial charge on any atom is -0.450 e. The van der Waals surface area contributed by atoms with Gasteiger partial charge < -0.3 is 14.5 Å². The number of anilines is 1. The minimum atomic E-state index is -0.729. The first-order chi connectivity index (χ1) is 12.0. The SMILES string of the molecule is Cc1ccc(Cl)c(NC(=O)COC(=O)c2cc3ccccc3o2)c1Cl. The van der Waals surface area contributed by atoms with Gasteiger partial charge in [-0.25, -0.2) is 4.79 Å². The van der Waals surface area contributed by atoms with Crippen LogP contribution in [-0.4, -0.2) is 18.5 Å². The van der Waals surface area contributed by atoms with Crippen LogP contribution in [0.2, 0.25) is 10.0 Å². The summed E-state index contributed by atoms with van der Waals surface area (Å²) in [5.41, 5.74) is 1.62. The maximum Gasteiger partial charge on any atom is 0.374 e. The van der Waals surface area contributed by atoms with Gasteiger partial charge in [-0.15, -0.1) is 0 Å². The van der Waals surface area contributed by atoms with E-state index in [2.05, 4.69) is 5.32 Å². The van der Waals surface area contributed by atoms with E-state index >= 15 is 0 Å². The number of rotatable bonds is 4. The Morgan fingerprint density at radius 3 is 2.68 bits per heavy atom. The molecule has 1 heterocycles. The number of hydrogen-bond acceptors (Lipinski definition) is 4. The van der Waals surface area contributed by atoms with Crippen LogP contribution in [0.25, 0.3) is 11.0 Å². The topological polar surface area (TPSA) is 68.5 Å². The molecular weight excluding hydrogens is 365 g/mol. The molecule has 128 valence electrons. The van der Waals surface area contributed by atoms with Gasteiger partial charge in [0.1, 0.15) is 5.58 Å². The van der Waals surface area contributed by atoms with E-state index in [9.17, 15) is 9.59 Å². The van der Waals surface area contributed by atoms with Crippen molar-refractivity contribution in [2.75, 3.05) is 11.9 Å². The summed E-state index contributed by atoms with van der Waals surface area (Å²) in [6, 6.07) is 12.1. The fourth-order valence-electron chi connectivity index (χ4n) is 2.23. The third-order valence-electron chi connectivity index (χ3n) is 3.51. The van der Waals surface area contributed by atoms with Crippen molar-refractivity contribution in [3.8, 4) is 0 Å². The van der Waals surface area contributed by atoms with Gasteiger partial charge in [0.05, 0.1) is 15.7 Å². The molecule has 0 radical (unpaired) electrons. The smallest absolute Gasteiger partial charge is 0.374 e. The summed E-state index contributed by atoms with van der Waals surface area (Å²) in [5, 5.41) is 3.95. The van der Waals surface area contributed by atoms with E-state index in [0.29, 0.717) is 15.6 Å². The summed E-state index contributed by atoms with van der Waals surface area (Å²) < 4.78 is 10.4. The predicted molar refractivity (Wildman–Crippen MR) is 96.3 cm³/mol. The van der Waals surface area contributed by atoms with Crippen molar-refractivity contribution < 1.29 is 18.7 Å². The third-order valence-corrected chi connectivity index (χ3v) is 4.31. The standard InChI is InChI=1S/C18H13Cl2NO4/c1-10-6-7-12(19)17(16(10)20)21-15(22)9-24-18(23)14-8-11-4-2-3-5-13(11)25-14/h2-8H,9H2,1H3,(H,21,22). The van der Waals surface area contributed by atoms with Gasteiger partial charge in [0.2, 0.25) is 5.76 Å². The van der Waals surface area contributed by atoms with Crippen molar-refractivity contribution in [3.63, 3.8) is 0 Å². The van der Waals surface area contributed by atoms with Crippen LogP contribution in [-0.2, 0) is 9.53 Å². The first-order valence-corrected chi connectivity index (χ1v) is 8.11. The molecule has 5 nitrogen and oxygen atoms in total. The summed E-state index contributed by atoms with van der Waals surface area (Å²) in [4.78, 5) is 24.0. The number of ether oxygens (including phenoxy) is 1. The van der Waals surface area contributed by atoms with Gasteiger partial charge in [-0.1, -0.05) is 47.5 Å². The summed E-state index contributed by atoms with van der Waals surface area (Å²) in [7, 11) is 0. The van der Waals surface area contributed by atoms with Crippen molar-refractivity contribution in [2.24, 2.45) is 0 Å². The van der Waals surface area contributed by atoms with Crippen LogP contribution in [0.15, 0.2) is 46.9 Å². The van der Waals surface area contributed by atoms with E-state index in [1.807, 2.05) is 12.1 Å². The number of para-hydroxylation sites is 1. The largest absolute Gasteiger partial charge is 0.450 e. The molecule has 3 aromatic rings. The summed E-state index contributed by atoms with van der Waals surface area (Å²) in [6.07, 6.45) is 0. The number of carbonyl (C=O) groups is 2. The second-order valence-corrected chi connectivity index (χ2v) is 6.11. The monoisotopic (exact) mass is 377 g/mol. The van der Waals surface area contributed by atoms with E-state index in [1.165, 1.54) is 0 Å². The Bertz CT molecular complexity index is 932. The Balaban J connectivity index is 1.64. The van der Waals surface area contributed by atoms with Crippen molar-refractivity contribution >= 4 is 51.7 Å². The third kappa shape index (κ3) is 3.78. The summed E-state index contributed by atoms with van der Waals surface area (Å²) in [6.45, 7) is 1.30. The number of fused-ring (bicyclic) bond motifs is 1. The lowest BCUT2D eigenvalue weighted by Gasteiger charge is -2.11. The zero-order chi connectivity index (χ0) is 18.0. The quantitative estimate of drug-likeness (QED) is 0.660. The molecule has 0 aliphatic carbocycles. The van der Waals surface area contributed by atoms with Gasteiger partial charge in [-0.05, 0) is 30.7 Å². The molecule has 1 N–H and O–H groups in total. The predicted octanol–water partition coefficient (Wildman–Crippen LogP) is 4.84. The van der Waals surface area contributed by atoms with E-state index < -0.39 is 18.5 Å². The number of amides is 1. The van der Waals surface area contributed by atoms with Crippen LogP contribution in [0.1, 0.15) is 16.1 Å². The molecule has 0 aliphatic rings. The molecular formula is C18H13Cl2NO4. The molecule has 3 rings (SSSR count). The van der Waals surface area contributed by atoms with Gasteiger partial charge in [0.15, 0.2) is 6.61 Å². The maximum absolute atomic E-state index is 12.0. The number of esters is 1. The Morgan fingerprint density at radius 1 is 1.16 bits per heavy atom. The Hall–Kier alpha value is -2.50. The lowest BCUT2D eigenvalue weighted by Crippen LogP contribution is -2.21. The number of hydrogen-bond donors (Lipinski definition) is 1. The lowest BCUT2D eigenvalue weighted by atomic mass is 10.2. The second-order valence-electron chi connectivity index (χ2n) is 5.33. The maximum atomic E-state index is 12.0. The highest BCUT2D eigenvalue weighted by atomic mass is 35.5. The molecule has 1 amide bonds. The zero-order valence-electron chi connectivity index (χ0n) is 13.1. The van der Waals surface area contributed by atoms with Crippen LogP contribution in [0, 0.1) is 6.92 Å². The number of aryl methyl sites for hydroxylation is 1. The average Bonchev–Trinajstić information content (AvgIpc) is 3.04. The molecule has 7 heteroatoms. The second kappa shape index (κ2) is 7.17. The zero-order valence-corrected chi connectivity index (χ0v) is 14.6. The molecule has 0 saturated carbocycles. The number of halogens is 2. The first kappa shape index (κ1) is 17.3. The molecule has 0 aliphatic heterocycles. The molecule has 0 atom stereocenters. The van der Waals surface area contributed by atoms with E-state index in [4.69, 9.17) is 32.4 Å². The molecule has 0 fully saturated rings. The Labute approximate surface area is 153 Å². The van der Waals surface area contributed by atoms with Gasteiger partial charge in [0.25, 0.3) is 5.91 Å². The van der Waals surface area contributed by atoms with Crippen molar-refractivity contribution in [3.05, 3.63) is 63.8 Å². The van der Waals surface area contributed by atoms with Crippen molar-refractivity contribution in [2.45, 2.75) is 6.92 Å².